The number of hydrogen-bond donors (Lipinski definition) is 1. The molecule has 28 heavy (non-hydrogen) atoms. The first-order valence-corrected chi connectivity index (χ1v) is 9.36. The Kier molecular flexibility index (Phi) is 6.08. The molecule has 0 spiro atoms. The molecule has 8 nitrogen and oxygen atoms in total. The predicted molar refractivity (Wildman–Crippen MR) is 106 cm³/mol. The molecule has 1 aromatic heterocycles. The Hall–Kier alpha value is -3.16. The highest BCUT2D eigenvalue weighted by molar-refractivity contribution is 5.93. The van der Waals surface area contributed by atoms with E-state index in [9.17, 15) is 9.59 Å². The fraction of sp³-hybridized carbons (Fsp3) is 0.400. The Morgan fingerprint density at radius 3 is 2.46 bits per heavy atom. The van der Waals surface area contributed by atoms with Crippen molar-refractivity contribution in [1.29, 1.82) is 0 Å². The molecule has 2 heterocycles. The van der Waals surface area contributed by atoms with E-state index < -0.39 is 0 Å². The van der Waals surface area contributed by atoms with Gasteiger partial charge < -0.3 is 19.9 Å². The summed E-state index contributed by atoms with van der Waals surface area (Å²) in [5.74, 6) is 0.223. The molecule has 1 fully saturated rings. The van der Waals surface area contributed by atoms with Gasteiger partial charge in [0.25, 0.3) is 5.91 Å². The first kappa shape index (κ1) is 19.6. The van der Waals surface area contributed by atoms with Gasteiger partial charge >= 0.3 is 6.09 Å². The van der Waals surface area contributed by atoms with E-state index in [0.717, 1.165) is 11.3 Å². The molecule has 0 atom stereocenters. The summed E-state index contributed by atoms with van der Waals surface area (Å²) in [6.07, 6.45) is -0.336. The van der Waals surface area contributed by atoms with E-state index in [1.165, 1.54) is 0 Å². The van der Waals surface area contributed by atoms with Crippen LogP contribution in [0.2, 0.25) is 0 Å². The van der Waals surface area contributed by atoms with Crippen LogP contribution in [0.4, 0.5) is 16.4 Å². The summed E-state index contributed by atoms with van der Waals surface area (Å²) in [5.41, 5.74) is 3.03. The third kappa shape index (κ3) is 4.76. The fourth-order valence-electron chi connectivity index (χ4n) is 3.05. The second kappa shape index (κ2) is 8.69. The molecule has 1 aromatic carbocycles. The highest BCUT2D eigenvalue weighted by atomic mass is 16.6. The lowest BCUT2D eigenvalue weighted by Crippen LogP contribution is -2.50. The van der Waals surface area contributed by atoms with Crippen LogP contribution in [0.3, 0.4) is 0 Å². The molecule has 1 N–H and O–H groups in total. The number of hydrogen-bond acceptors (Lipinski definition) is 6. The van der Waals surface area contributed by atoms with Gasteiger partial charge in [-0.15, -0.1) is 0 Å². The van der Waals surface area contributed by atoms with Crippen molar-refractivity contribution in [2.75, 3.05) is 38.1 Å². The third-order valence-corrected chi connectivity index (χ3v) is 4.44. The minimum Gasteiger partial charge on any atom is -0.450 e. The van der Waals surface area contributed by atoms with Crippen molar-refractivity contribution in [3.8, 4) is 0 Å². The van der Waals surface area contributed by atoms with Crippen LogP contribution in [0.15, 0.2) is 30.3 Å². The van der Waals surface area contributed by atoms with Gasteiger partial charge in [-0.25, -0.2) is 14.8 Å². The average molecular weight is 383 g/mol. The Labute approximate surface area is 164 Å². The number of rotatable bonds is 4. The summed E-state index contributed by atoms with van der Waals surface area (Å²) in [6.45, 7) is 7.74. The lowest BCUT2D eigenvalue weighted by Gasteiger charge is -2.33. The first-order chi connectivity index (χ1) is 13.5. The summed E-state index contributed by atoms with van der Waals surface area (Å²) in [6, 6.07) is 9.55. The first-order valence-electron chi connectivity index (χ1n) is 9.36. The number of amides is 2. The molecule has 3 rings (SSSR count). The van der Waals surface area contributed by atoms with Crippen molar-refractivity contribution in [3.05, 3.63) is 47.3 Å². The highest BCUT2D eigenvalue weighted by Gasteiger charge is 2.26. The number of aromatic nitrogens is 2. The summed E-state index contributed by atoms with van der Waals surface area (Å²) in [7, 11) is 0. The summed E-state index contributed by atoms with van der Waals surface area (Å²) >= 11 is 0. The standard InChI is InChI=1S/C20H25N5O3/c1-4-28-20(27)25-10-8-24(9-11-25)18(26)17-13-15(3)21-19(23-17)22-16-7-5-6-14(2)12-16/h5-7,12-13H,4,8-11H2,1-3H3,(H,21,22,23). The predicted octanol–water partition coefficient (Wildman–Crippen LogP) is 2.75. The van der Waals surface area contributed by atoms with Crippen molar-refractivity contribution >= 4 is 23.6 Å². The Morgan fingerprint density at radius 1 is 1.07 bits per heavy atom. The molecule has 2 amide bonds. The molecule has 8 heteroatoms. The van der Waals surface area contributed by atoms with Crippen LogP contribution in [0.1, 0.15) is 28.7 Å². The maximum atomic E-state index is 12.9. The molecule has 0 radical (unpaired) electrons. The smallest absolute Gasteiger partial charge is 0.409 e. The summed E-state index contributed by atoms with van der Waals surface area (Å²) in [5, 5.41) is 3.16. The Bertz CT molecular complexity index is 863. The minimum absolute atomic E-state index is 0.165. The number of nitrogens with zero attached hydrogens (tertiary/aromatic N) is 4. The zero-order chi connectivity index (χ0) is 20.1. The van der Waals surface area contributed by atoms with Gasteiger partial charge in [0, 0.05) is 37.6 Å². The molecule has 0 aliphatic carbocycles. The van der Waals surface area contributed by atoms with Gasteiger partial charge in [0.15, 0.2) is 0 Å². The maximum Gasteiger partial charge on any atom is 0.409 e. The van der Waals surface area contributed by atoms with Gasteiger partial charge in [-0.1, -0.05) is 12.1 Å². The van der Waals surface area contributed by atoms with Crippen LogP contribution in [-0.4, -0.2) is 64.6 Å². The molecular formula is C20H25N5O3. The lowest BCUT2D eigenvalue weighted by molar-refractivity contribution is 0.0566. The second-order valence-corrected chi connectivity index (χ2v) is 6.69. The molecule has 1 aliphatic heterocycles. The lowest BCUT2D eigenvalue weighted by atomic mass is 10.2. The Balaban J connectivity index is 1.69. The van der Waals surface area contributed by atoms with Crippen molar-refractivity contribution in [1.82, 2.24) is 19.8 Å². The van der Waals surface area contributed by atoms with E-state index in [1.807, 2.05) is 38.1 Å². The molecule has 0 bridgehead atoms. The van der Waals surface area contributed by atoms with E-state index in [1.54, 1.807) is 22.8 Å². The maximum absolute atomic E-state index is 12.9. The largest absolute Gasteiger partial charge is 0.450 e. The van der Waals surface area contributed by atoms with Crippen LogP contribution in [0.5, 0.6) is 0 Å². The SMILES string of the molecule is CCOC(=O)N1CCN(C(=O)c2cc(C)nc(Nc3cccc(C)c3)n2)CC1. The van der Waals surface area contributed by atoms with Crippen LogP contribution in [0.25, 0.3) is 0 Å². The molecular weight excluding hydrogens is 358 g/mol. The zero-order valence-electron chi connectivity index (χ0n) is 16.4. The van der Waals surface area contributed by atoms with Gasteiger partial charge in [-0.3, -0.25) is 4.79 Å². The van der Waals surface area contributed by atoms with Crippen LogP contribution in [0, 0.1) is 13.8 Å². The van der Waals surface area contributed by atoms with Crippen LogP contribution >= 0.6 is 0 Å². The van der Waals surface area contributed by atoms with Crippen molar-refractivity contribution < 1.29 is 14.3 Å². The topological polar surface area (TPSA) is 87.7 Å². The number of piperazine rings is 1. The quantitative estimate of drug-likeness (QED) is 0.873. The van der Waals surface area contributed by atoms with Crippen LogP contribution in [-0.2, 0) is 4.74 Å². The van der Waals surface area contributed by atoms with E-state index in [0.29, 0.717) is 50.1 Å². The third-order valence-electron chi connectivity index (χ3n) is 4.44. The van der Waals surface area contributed by atoms with Crippen molar-refractivity contribution in [2.45, 2.75) is 20.8 Å². The number of carbonyl (C=O) groups is 2. The summed E-state index contributed by atoms with van der Waals surface area (Å²) < 4.78 is 5.01. The number of anilines is 2. The van der Waals surface area contributed by atoms with E-state index in [4.69, 9.17) is 4.74 Å². The molecule has 2 aromatic rings. The van der Waals surface area contributed by atoms with E-state index in [-0.39, 0.29) is 12.0 Å². The summed E-state index contributed by atoms with van der Waals surface area (Å²) in [4.78, 5) is 36.8. The molecule has 1 saturated heterocycles. The Morgan fingerprint density at radius 2 is 1.79 bits per heavy atom. The average Bonchev–Trinajstić information content (AvgIpc) is 2.67. The van der Waals surface area contributed by atoms with Gasteiger partial charge in [-0.2, -0.15) is 0 Å². The number of benzene rings is 1. The monoisotopic (exact) mass is 383 g/mol. The second-order valence-electron chi connectivity index (χ2n) is 6.69. The molecule has 1 aliphatic rings. The number of nitrogens with one attached hydrogen (secondary N) is 1. The minimum atomic E-state index is -0.336. The number of carbonyl (C=O) groups excluding carboxylic acids is 2. The molecule has 0 unspecified atom stereocenters. The van der Waals surface area contributed by atoms with Gasteiger partial charge in [-0.05, 0) is 44.5 Å². The normalized spacial score (nSPS) is 14.0. The number of ether oxygens (including phenoxy) is 1. The number of aryl methyl sites for hydroxylation is 2. The highest BCUT2D eigenvalue weighted by Crippen LogP contribution is 2.16. The van der Waals surface area contributed by atoms with Crippen molar-refractivity contribution in [3.63, 3.8) is 0 Å². The van der Waals surface area contributed by atoms with E-state index in [2.05, 4.69) is 15.3 Å². The zero-order valence-corrected chi connectivity index (χ0v) is 16.4. The molecule has 0 saturated carbocycles. The van der Waals surface area contributed by atoms with Crippen LogP contribution < -0.4 is 5.32 Å². The van der Waals surface area contributed by atoms with E-state index >= 15 is 0 Å². The molecule has 148 valence electrons. The van der Waals surface area contributed by atoms with Crippen molar-refractivity contribution in [2.24, 2.45) is 0 Å². The van der Waals surface area contributed by atoms with Gasteiger partial charge in [0.05, 0.1) is 6.61 Å². The fourth-order valence-corrected chi connectivity index (χ4v) is 3.05. The van der Waals surface area contributed by atoms with Gasteiger partial charge in [0.1, 0.15) is 5.69 Å². The van der Waals surface area contributed by atoms with Gasteiger partial charge in [0.2, 0.25) is 5.95 Å².